The van der Waals surface area contributed by atoms with Crippen LogP contribution < -0.4 is 10.6 Å². The fourth-order valence-corrected chi connectivity index (χ4v) is 8.43. The Morgan fingerprint density at radius 1 is 0.645 bits per heavy atom. The number of methoxy groups -OCH3 is 2. The number of alkyl carbamates (subject to hydrolysis) is 2. The Hall–Kier alpha value is -6.77. The Balaban J connectivity index is 1.05. The maximum absolute atomic E-state index is 14.1. The summed E-state index contributed by atoms with van der Waals surface area (Å²) in [6.45, 7) is 8.25. The van der Waals surface area contributed by atoms with Crippen molar-refractivity contribution in [3.8, 4) is 33.6 Å². The Morgan fingerprint density at radius 3 is 1.60 bits per heavy atom. The van der Waals surface area contributed by atoms with Crippen LogP contribution in [0.15, 0.2) is 91.3 Å². The second-order valence-electron chi connectivity index (χ2n) is 16.6. The molecule has 2 fully saturated rings. The number of imidazole rings is 2. The Bertz CT molecular complexity index is 2370. The largest absolute Gasteiger partial charge is 0.453 e. The number of nitrogens with zero attached hydrogens (tertiary/aromatic N) is 4. The lowest BCUT2D eigenvalue weighted by Crippen LogP contribution is -2.51. The molecule has 2 aliphatic heterocycles. The molecular weight excluding hydrogens is 789 g/mol. The molecule has 62 heavy (non-hydrogen) atoms. The van der Waals surface area contributed by atoms with Crippen molar-refractivity contribution in [3.05, 3.63) is 108 Å². The van der Waals surface area contributed by atoms with Gasteiger partial charge >= 0.3 is 12.2 Å². The SMILES string of the molecule is COC(=O)N[C@H](C(=O)N1CCC[C@H]1c1ncc(-c2ccc(-c3ccc(-c4cnc([C@@H]5CC(C(=O)c6ccccc6)CN5C(=O)[C@@H](NC(=O)OC)C(C)C)[nH]4)cc3)cc2)[nH]1)C(C)C. The zero-order valence-electron chi connectivity index (χ0n) is 35.9. The van der Waals surface area contributed by atoms with Crippen molar-refractivity contribution in [2.75, 3.05) is 27.3 Å². The van der Waals surface area contributed by atoms with E-state index in [-0.39, 0.29) is 42.0 Å². The normalized spacial score (nSPS) is 18.4. The highest BCUT2D eigenvalue weighted by Crippen LogP contribution is 2.38. The van der Waals surface area contributed by atoms with Crippen molar-refractivity contribution in [3.63, 3.8) is 0 Å². The van der Waals surface area contributed by atoms with E-state index in [0.717, 1.165) is 46.5 Å². The predicted molar refractivity (Wildman–Crippen MR) is 232 cm³/mol. The fourth-order valence-electron chi connectivity index (χ4n) is 8.43. The number of carbonyl (C=O) groups is 5. The fraction of sp³-hybridized carbons (Fsp3) is 0.383. The van der Waals surface area contributed by atoms with Crippen LogP contribution >= 0.6 is 0 Å². The predicted octanol–water partition coefficient (Wildman–Crippen LogP) is 7.33. The van der Waals surface area contributed by atoms with Crippen LogP contribution in [0.3, 0.4) is 0 Å². The molecule has 15 nitrogen and oxygen atoms in total. The van der Waals surface area contributed by atoms with Gasteiger partial charge in [0.1, 0.15) is 23.7 Å². The molecule has 0 radical (unpaired) electrons. The van der Waals surface area contributed by atoms with Gasteiger partial charge in [0.05, 0.1) is 50.1 Å². The molecule has 0 bridgehead atoms. The Morgan fingerprint density at radius 2 is 1.11 bits per heavy atom. The average molecular weight is 843 g/mol. The van der Waals surface area contributed by atoms with E-state index in [4.69, 9.17) is 14.5 Å². The average Bonchev–Trinajstić information content (AvgIpc) is 4.14. The van der Waals surface area contributed by atoms with Crippen LogP contribution in [0.25, 0.3) is 33.6 Å². The summed E-state index contributed by atoms with van der Waals surface area (Å²) in [5.41, 5.74) is 6.06. The number of hydrogen-bond acceptors (Lipinski definition) is 9. The first-order valence-electron chi connectivity index (χ1n) is 21.1. The van der Waals surface area contributed by atoms with E-state index in [1.807, 2.05) is 82.3 Å². The summed E-state index contributed by atoms with van der Waals surface area (Å²) in [6.07, 6.45) is 4.16. The van der Waals surface area contributed by atoms with E-state index >= 15 is 0 Å². The molecule has 5 atom stereocenters. The van der Waals surface area contributed by atoms with E-state index in [1.54, 1.807) is 34.3 Å². The number of aromatic amines is 2. The van der Waals surface area contributed by atoms with Crippen molar-refractivity contribution in [2.45, 2.75) is 71.1 Å². The van der Waals surface area contributed by atoms with E-state index in [0.29, 0.717) is 30.2 Å². The first-order valence-corrected chi connectivity index (χ1v) is 21.1. The zero-order chi connectivity index (χ0) is 44.1. The number of likely N-dealkylation sites (tertiary alicyclic amines) is 2. The lowest BCUT2D eigenvalue weighted by Gasteiger charge is -2.30. The minimum Gasteiger partial charge on any atom is -0.453 e. The number of H-pyrrole nitrogens is 2. The number of benzene rings is 3. The van der Waals surface area contributed by atoms with Crippen LogP contribution in [-0.2, 0) is 19.1 Å². The van der Waals surface area contributed by atoms with Gasteiger partial charge < -0.3 is 39.9 Å². The molecule has 0 saturated carbocycles. The second-order valence-corrected chi connectivity index (χ2v) is 16.6. The zero-order valence-corrected chi connectivity index (χ0v) is 35.9. The van der Waals surface area contributed by atoms with Gasteiger partial charge in [-0.2, -0.15) is 0 Å². The monoisotopic (exact) mass is 842 g/mol. The molecule has 5 aromatic rings. The van der Waals surface area contributed by atoms with Gasteiger partial charge in [-0.3, -0.25) is 14.4 Å². The first-order chi connectivity index (χ1) is 29.9. The number of rotatable bonds is 13. The molecule has 324 valence electrons. The summed E-state index contributed by atoms with van der Waals surface area (Å²) in [5.74, 6) is -0.0595. The molecule has 1 unspecified atom stereocenters. The quantitative estimate of drug-likeness (QED) is 0.0879. The van der Waals surface area contributed by atoms with Crippen LogP contribution in [0.2, 0.25) is 0 Å². The second kappa shape index (κ2) is 18.9. The van der Waals surface area contributed by atoms with Crippen molar-refractivity contribution in [2.24, 2.45) is 17.8 Å². The third kappa shape index (κ3) is 9.26. The van der Waals surface area contributed by atoms with E-state index in [1.165, 1.54) is 14.2 Å². The number of Topliss-reactive ketones (excluding diaryl/α,β-unsaturated/α-hetero) is 1. The molecule has 2 aliphatic rings. The molecule has 3 aromatic carbocycles. The third-order valence-electron chi connectivity index (χ3n) is 11.9. The van der Waals surface area contributed by atoms with E-state index in [9.17, 15) is 24.0 Å². The number of ketones is 1. The molecule has 4 amide bonds. The van der Waals surface area contributed by atoms with Crippen molar-refractivity contribution >= 4 is 29.8 Å². The molecule has 7 rings (SSSR count). The molecule has 4 heterocycles. The summed E-state index contributed by atoms with van der Waals surface area (Å²) in [6, 6.07) is 23.0. The van der Waals surface area contributed by atoms with Gasteiger partial charge in [0, 0.05) is 24.6 Å². The summed E-state index contributed by atoms with van der Waals surface area (Å²) >= 11 is 0. The Labute approximate surface area is 361 Å². The van der Waals surface area contributed by atoms with Gasteiger partial charge in [-0.25, -0.2) is 19.6 Å². The maximum Gasteiger partial charge on any atom is 0.407 e. The minimum atomic E-state index is -0.856. The maximum atomic E-state index is 14.1. The molecular formula is C47H54N8O7. The number of carbonyl (C=O) groups excluding carboxylic acids is 5. The number of nitrogens with one attached hydrogen (secondary N) is 4. The molecule has 0 aliphatic carbocycles. The van der Waals surface area contributed by atoms with Crippen LogP contribution in [0.5, 0.6) is 0 Å². The topological polar surface area (TPSA) is 192 Å². The van der Waals surface area contributed by atoms with Gasteiger partial charge in [0.2, 0.25) is 11.8 Å². The number of hydrogen-bond donors (Lipinski definition) is 4. The molecule has 0 spiro atoms. The third-order valence-corrected chi connectivity index (χ3v) is 11.9. The number of amides is 4. The van der Waals surface area contributed by atoms with Crippen molar-refractivity contribution < 1.29 is 33.4 Å². The van der Waals surface area contributed by atoms with Crippen molar-refractivity contribution in [1.82, 2.24) is 40.4 Å². The summed E-state index contributed by atoms with van der Waals surface area (Å²) in [7, 11) is 2.54. The highest BCUT2D eigenvalue weighted by Gasteiger charge is 2.44. The van der Waals surface area contributed by atoms with E-state index < -0.39 is 36.2 Å². The van der Waals surface area contributed by atoms with Gasteiger partial charge in [-0.05, 0) is 53.4 Å². The number of ether oxygens (including phenoxy) is 2. The van der Waals surface area contributed by atoms with Gasteiger partial charge in [-0.1, -0.05) is 107 Å². The molecule has 2 saturated heterocycles. The smallest absolute Gasteiger partial charge is 0.407 e. The number of aromatic nitrogens is 4. The van der Waals surface area contributed by atoms with Crippen LogP contribution in [-0.4, -0.2) is 98.9 Å². The van der Waals surface area contributed by atoms with Crippen LogP contribution in [0.1, 0.15) is 81.0 Å². The van der Waals surface area contributed by atoms with Gasteiger partial charge in [0.25, 0.3) is 0 Å². The molecule has 2 aromatic heterocycles. The first kappa shape index (κ1) is 43.3. The van der Waals surface area contributed by atoms with Crippen LogP contribution in [0.4, 0.5) is 9.59 Å². The minimum absolute atomic E-state index is 0.0472. The highest BCUT2D eigenvalue weighted by atomic mass is 16.5. The summed E-state index contributed by atoms with van der Waals surface area (Å²) < 4.78 is 9.57. The lowest BCUT2D eigenvalue weighted by molar-refractivity contribution is -0.136. The molecule has 4 N–H and O–H groups in total. The van der Waals surface area contributed by atoms with E-state index in [2.05, 4.69) is 37.7 Å². The lowest BCUT2D eigenvalue weighted by atomic mass is 9.95. The van der Waals surface area contributed by atoms with Gasteiger partial charge in [-0.15, -0.1) is 0 Å². The van der Waals surface area contributed by atoms with Gasteiger partial charge in [0.15, 0.2) is 5.78 Å². The molecule has 15 heteroatoms. The Kier molecular flexibility index (Phi) is 13.2. The summed E-state index contributed by atoms with van der Waals surface area (Å²) in [5, 5.41) is 5.37. The highest BCUT2D eigenvalue weighted by molar-refractivity contribution is 5.99. The summed E-state index contributed by atoms with van der Waals surface area (Å²) in [4.78, 5) is 85.3. The standard InChI is InChI=1S/C47H54N8O7/c1-27(2)39(52-46(59)61-5)44(57)54-22-10-13-37(54)42-48-24-35(50-42)31-18-14-29(15-19-31)30-16-20-32(21-17-30)36-25-49-43(51-36)38-23-34(41(56)33-11-8-7-9-12-33)26-55(38)45(58)40(28(3)4)53-47(60)62-6/h7-9,11-12,14-21,24-25,27-28,34,37-40H,10,13,22-23,26H2,1-6H3,(H,48,50)(H,49,51)(H,52,59)(H,53,60)/t34?,37-,38-,39-,40-/m0/s1. The van der Waals surface area contributed by atoms with Crippen LogP contribution in [0, 0.1) is 17.8 Å². The van der Waals surface area contributed by atoms with Crippen molar-refractivity contribution in [1.29, 1.82) is 0 Å².